The van der Waals surface area contributed by atoms with Gasteiger partial charge in [0.1, 0.15) is 0 Å². The van der Waals surface area contributed by atoms with Crippen molar-refractivity contribution in [3.05, 3.63) is 12.2 Å². The molecule has 0 bridgehead atoms. The van der Waals surface area contributed by atoms with E-state index < -0.39 is 0 Å². The molecule has 0 heterocycles. The second-order valence-corrected chi connectivity index (χ2v) is 3.30. The number of hydrogen-bond acceptors (Lipinski definition) is 0. The zero-order valence-electron chi connectivity index (χ0n) is 6.48. The molecule has 0 spiro atoms. The maximum absolute atomic E-state index is 2.39. The van der Waals surface area contributed by atoms with E-state index in [1.165, 1.54) is 25.7 Å². The van der Waals surface area contributed by atoms with Gasteiger partial charge in [-0.25, -0.2) is 0 Å². The molecule has 0 radical (unpaired) electrons. The standard InChI is InChI=1S/C9H16/c1-3-9(2)7-5-4-6-8-9/h5,7H,3-4,6,8H2,1-2H3/t9-/m1/s1. The lowest BCUT2D eigenvalue weighted by molar-refractivity contribution is 0.352. The fraction of sp³-hybridized carbons (Fsp3) is 0.778. The van der Waals surface area contributed by atoms with E-state index in [1.807, 2.05) is 0 Å². The van der Waals surface area contributed by atoms with Crippen LogP contribution in [-0.2, 0) is 0 Å². The third kappa shape index (κ3) is 1.57. The Morgan fingerprint density at radius 1 is 1.56 bits per heavy atom. The maximum Gasteiger partial charge on any atom is -0.0149 e. The summed E-state index contributed by atoms with van der Waals surface area (Å²) in [6, 6.07) is 0. The monoisotopic (exact) mass is 124 g/mol. The Balaban J connectivity index is 2.56. The van der Waals surface area contributed by atoms with Gasteiger partial charge in [0.15, 0.2) is 0 Å². The molecule has 0 aromatic heterocycles. The van der Waals surface area contributed by atoms with E-state index in [9.17, 15) is 0 Å². The Morgan fingerprint density at radius 3 is 2.67 bits per heavy atom. The van der Waals surface area contributed by atoms with Crippen LogP contribution in [-0.4, -0.2) is 0 Å². The average molecular weight is 124 g/mol. The van der Waals surface area contributed by atoms with Crippen molar-refractivity contribution in [2.24, 2.45) is 5.41 Å². The largest absolute Gasteiger partial charge is 0.0880 e. The highest BCUT2D eigenvalue weighted by Crippen LogP contribution is 2.32. The van der Waals surface area contributed by atoms with Crippen LogP contribution in [0, 0.1) is 5.41 Å². The molecule has 0 unspecified atom stereocenters. The summed E-state index contributed by atoms with van der Waals surface area (Å²) < 4.78 is 0. The van der Waals surface area contributed by atoms with Crippen molar-refractivity contribution in [2.75, 3.05) is 0 Å². The lowest BCUT2D eigenvalue weighted by atomic mass is 9.79. The molecule has 9 heavy (non-hydrogen) atoms. The van der Waals surface area contributed by atoms with Crippen LogP contribution in [0.4, 0.5) is 0 Å². The van der Waals surface area contributed by atoms with Crippen molar-refractivity contribution in [1.82, 2.24) is 0 Å². The Morgan fingerprint density at radius 2 is 2.33 bits per heavy atom. The zero-order chi connectivity index (χ0) is 6.74. The molecular weight excluding hydrogens is 108 g/mol. The van der Waals surface area contributed by atoms with Crippen LogP contribution in [0.15, 0.2) is 12.2 Å². The number of allylic oxidation sites excluding steroid dienone is 2. The third-order valence-electron chi connectivity index (χ3n) is 2.45. The maximum atomic E-state index is 2.39. The van der Waals surface area contributed by atoms with Gasteiger partial charge < -0.3 is 0 Å². The van der Waals surface area contributed by atoms with E-state index in [4.69, 9.17) is 0 Å². The Labute approximate surface area is 58.0 Å². The van der Waals surface area contributed by atoms with E-state index >= 15 is 0 Å². The van der Waals surface area contributed by atoms with Crippen LogP contribution in [0.25, 0.3) is 0 Å². The molecule has 0 aliphatic heterocycles. The molecule has 0 heteroatoms. The normalized spacial score (nSPS) is 34.9. The van der Waals surface area contributed by atoms with Crippen LogP contribution in [0.2, 0.25) is 0 Å². The minimum atomic E-state index is 0.540. The van der Waals surface area contributed by atoms with Gasteiger partial charge in [-0.1, -0.05) is 26.0 Å². The summed E-state index contributed by atoms with van der Waals surface area (Å²) in [6.07, 6.45) is 10.1. The minimum absolute atomic E-state index is 0.540. The third-order valence-corrected chi connectivity index (χ3v) is 2.45. The molecule has 0 saturated heterocycles. The molecule has 1 aliphatic carbocycles. The second-order valence-electron chi connectivity index (χ2n) is 3.30. The minimum Gasteiger partial charge on any atom is -0.0880 e. The van der Waals surface area contributed by atoms with Gasteiger partial charge >= 0.3 is 0 Å². The Bertz CT molecular complexity index is 113. The van der Waals surface area contributed by atoms with Gasteiger partial charge in [0, 0.05) is 0 Å². The van der Waals surface area contributed by atoms with E-state index in [2.05, 4.69) is 26.0 Å². The molecule has 0 N–H and O–H groups in total. The van der Waals surface area contributed by atoms with Crippen LogP contribution < -0.4 is 0 Å². The predicted octanol–water partition coefficient (Wildman–Crippen LogP) is 3.14. The second kappa shape index (κ2) is 2.55. The predicted molar refractivity (Wildman–Crippen MR) is 41.4 cm³/mol. The summed E-state index contributed by atoms with van der Waals surface area (Å²) in [4.78, 5) is 0. The van der Waals surface area contributed by atoms with E-state index in [-0.39, 0.29) is 0 Å². The highest BCUT2D eigenvalue weighted by Gasteiger charge is 2.19. The van der Waals surface area contributed by atoms with Crippen molar-refractivity contribution in [1.29, 1.82) is 0 Å². The van der Waals surface area contributed by atoms with Crippen LogP contribution in [0.5, 0.6) is 0 Å². The van der Waals surface area contributed by atoms with E-state index in [0.717, 1.165) is 0 Å². The van der Waals surface area contributed by atoms with Crippen molar-refractivity contribution in [3.63, 3.8) is 0 Å². The van der Waals surface area contributed by atoms with Crippen molar-refractivity contribution >= 4 is 0 Å². The summed E-state index contributed by atoms with van der Waals surface area (Å²) >= 11 is 0. The van der Waals surface area contributed by atoms with E-state index in [1.54, 1.807) is 0 Å². The first-order chi connectivity index (χ1) is 4.27. The SMILES string of the molecule is CC[C@]1(C)C=CCCC1. The van der Waals surface area contributed by atoms with Crippen molar-refractivity contribution in [2.45, 2.75) is 39.5 Å². The summed E-state index contributed by atoms with van der Waals surface area (Å²) in [6.45, 7) is 4.62. The summed E-state index contributed by atoms with van der Waals surface area (Å²) in [5.41, 5.74) is 0.540. The first kappa shape index (κ1) is 6.85. The van der Waals surface area contributed by atoms with Crippen LogP contribution in [0.3, 0.4) is 0 Å². The van der Waals surface area contributed by atoms with Gasteiger partial charge in [-0.3, -0.25) is 0 Å². The van der Waals surface area contributed by atoms with Crippen LogP contribution in [0.1, 0.15) is 39.5 Å². The van der Waals surface area contributed by atoms with Crippen molar-refractivity contribution in [3.8, 4) is 0 Å². The molecule has 0 amide bonds. The molecule has 0 saturated carbocycles. The quantitative estimate of drug-likeness (QED) is 0.471. The first-order valence-corrected chi connectivity index (χ1v) is 3.94. The Hall–Kier alpha value is -0.260. The van der Waals surface area contributed by atoms with Crippen LogP contribution >= 0.6 is 0 Å². The summed E-state index contributed by atoms with van der Waals surface area (Å²) in [7, 11) is 0. The zero-order valence-corrected chi connectivity index (χ0v) is 6.48. The number of rotatable bonds is 1. The van der Waals surface area contributed by atoms with Gasteiger partial charge in [-0.15, -0.1) is 0 Å². The van der Waals surface area contributed by atoms with Crippen molar-refractivity contribution < 1.29 is 0 Å². The fourth-order valence-electron chi connectivity index (χ4n) is 1.37. The average Bonchev–Trinajstić information content (AvgIpc) is 1.90. The fourth-order valence-corrected chi connectivity index (χ4v) is 1.37. The molecular formula is C9H16. The lowest BCUT2D eigenvalue weighted by Crippen LogP contribution is -2.13. The lowest BCUT2D eigenvalue weighted by Gasteiger charge is -2.26. The molecule has 1 rings (SSSR count). The van der Waals surface area contributed by atoms with Gasteiger partial charge in [0.05, 0.1) is 0 Å². The molecule has 0 aromatic carbocycles. The highest BCUT2D eigenvalue weighted by atomic mass is 14.2. The van der Waals surface area contributed by atoms with E-state index in [0.29, 0.717) is 5.41 Å². The number of hydrogen-bond donors (Lipinski definition) is 0. The topological polar surface area (TPSA) is 0 Å². The molecule has 1 atom stereocenters. The first-order valence-electron chi connectivity index (χ1n) is 3.94. The summed E-state index contributed by atoms with van der Waals surface area (Å²) in [5.74, 6) is 0. The molecule has 0 aromatic rings. The molecule has 0 fully saturated rings. The van der Waals surface area contributed by atoms with Gasteiger partial charge in [0.2, 0.25) is 0 Å². The van der Waals surface area contributed by atoms with Gasteiger partial charge in [-0.05, 0) is 31.1 Å². The molecule has 1 aliphatic rings. The smallest absolute Gasteiger partial charge is 0.0149 e. The summed E-state index contributed by atoms with van der Waals surface area (Å²) in [5, 5.41) is 0. The Kier molecular flexibility index (Phi) is 1.94. The van der Waals surface area contributed by atoms with Gasteiger partial charge in [-0.2, -0.15) is 0 Å². The highest BCUT2D eigenvalue weighted by molar-refractivity contribution is 5.00. The molecule has 0 nitrogen and oxygen atoms in total. The molecule has 52 valence electrons. The van der Waals surface area contributed by atoms with Gasteiger partial charge in [0.25, 0.3) is 0 Å².